The van der Waals surface area contributed by atoms with Crippen molar-refractivity contribution in [2.24, 2.45) is 0 Å². The molecular weight excluding hydrogens is 705 g/mol. The zero-order valence-corrected chi connectivity index (χ0v) is 30.7. The molecule has 11 aromatic rings. The van der Waals surface area contributed by atoms with Crippen LogP contribution in [-0.2, 0) is 0 Å². The van der Waals surface area contributed by atoms with Crippen LogP contribution in [0.1, 0.15) is 0 Å². The van der Waals surface area contributed by atoms with E-state index in [-0.39, 0.29) is 0 Å². The molecule has 7 heteroatoms. The molecule has 0 saturated heterocycles. The predicted molar refractivity (Wildman–Crippen MR) is 230 cm³/mol. The third-order valence-corrected chi connectivity index (χ3v) is 11.4. The molecule has 7 aromatic carbocycles. The summed E-state index contributed by atoms with van der Waals surface area (Å²) >= 11 is 1.73. The lowest BCUT2D eigenvalue weighted by Crippen LogP contribution is -2.03. The lowest BCUT2D eigenvalue weighted by molar-refractivity contribution is 1.07. The molecule has 0 atom stereocenters. The highest BCUT2D eigenvalue weighted by atomic mass is 32.1. The molecule has 0 bridgehead atoms. The highest BCUT2D eigenvalue weighted by Crippen LogP contribution is 2.42. The first-order chi connectivity index (χ1) is 27.8. The van der Waals surface area contributed by atoms with Crippen LogP contribution in [0.3, 0.4) is 0 Å². The van der Waals surface area contributed by atoms with Crippen molar-refractivity contribution < 1.29 is 0 Å². The summed E-state index contributed by atoms with van der Waals surface area (Å²) in [5.41, 5.74) is 9.59. The summed E-state index contributed by atoms with van der Waals surface area (Å²) in [4.78, 5) is 26.1. The molecule has 0 unspecified atom stereocenters. The van der Waals surface area contributed by atoms with Gasteiger partial charge in [-0.1, -0.05) is 146 Å². The summed E-state index contributed by atoms with van der Waals surface area (Å²) in [5.74, 6) is 2.41. The molecule has 11 rings (SSSR count). The van der Waals surface area contributed by atoms with Gasteiger partial charge in [0, 0.05) is 48.7 Å². The van der Waals surface area contributed by atoms with Crippen LogP contribution in [-0.4, -0.2) is 29.5 Å². The van der Waals surface area contributed by atoms with Crippen molar-refractivity contribution in [3.63, 3.8) is 0 Å². The van der Waals surface area contributed by atoms with Gasteiger partial charge in [0.1, 0.15) is 0 Å². The van der Waals surface area contributed by atoms with Crippen LogP contribution in [0.2, 0.25) is 0 Å². The topological polar surface area (TPSA) is 69.4 Å². The molecule has 262 valence electrons. The van der Waals surface area contributed by atoms with E-state index in [9.17, 15) is 0 Å². The number of hydrogen-bond donors (Lipinski definition) is 0. The molecule has 0 N–H and O–H groups in total. The first-order valence-electron chi connectivity index (χ1n) is 18.5. The highest BCUT2D eigenvalue weighted by Gasteiger charge is 2.22. The van der Waals surface area contributed by atoms with Gasteiger partial charge in [0.05, 0.1) is 32.6 Å². The van der Waals surface area contributed by atoms with Crippen molar-refractivity contribution in [2.45, 2.75) is 0 Å². The van der Waals surface area contributed by atoms with Gasteiger partial charge >= 0.3 is 0 Å². The van der Waals surface area contributed by atoms with Gasteiger partial charge in [-0.05, 0) is 36.4 Å². The Labute approximate surface area is 326 Å². The van der Waals surface area contributed by atoms with E-state index in [0.717, 1.165) is 65.8 Å². The van der Waals surface area contributed by atoms with Crippen molar-refractivity contribution in [2.75, 3.05) is 0 Å². The van der Waals surface area contributed by atoms with Gasteiger partial charge < -0.3 is 4.57 Å². The number of thiophene rings is 1. The fourth-order valence-corrected chi connectivity index (χ4v) is 8.83. The van der Waals surface area contributed by atoms with Crippen LogP contribution >= 0.6 is 11.3 Å². The van der Waals surface area contributed by atoms with Crippen molar-refractivity contribution in [3.05, 3.63) is 182 Å². The fourth-order valence-electron chi connectivity index (χ4n) is 7.67. The normalized spacial score (nSPS) is 11.6. The summed E-state index contributed by atoms with van der Waals surface area (Å²) in [6.45, 7) is 0. The summed E-state index contributed by atoms with van der Waals surface area (Å²) in [5, 5.41) is 3.47. The van der Waals surface area contributed by atoms with E-state index in [4.69, 9.17) is 24.9 Å². The van der Waals surface area contributed by atoms with E-state index >= 15 is 0 Å². The summed E-state index contributed by atoms with van der Waals surface area (Å²) in [6, 6.07) is 62.6. The zero-order chi connectivity index (χ0) is 37.0. The van der Waals surface area contributed by atoms with Gasteiger partial charge in [-0.2, -0.15) is 0 Å². The Morgan fingerprint density at radius 2 is 0.875 bits per heavy atom. The van der Waals surface area contributed by atoms with Crippen LogP contribution in [0.4, 0.5) is 0 Å². The summed E-state index contributed by atoms with van der Waals surface area (Å²) in [7, 11) is 0. The molecule has 0 saturated carbocycles. The quantitative estimate of drug-likeness (QED) is 0.170. The Balaban J connectivity index is 1.23. The van der Waals surface area contributed by atoms with Crippen molar-refractivity contribution in [3.8, 4) is 62.5 Å². The smallest absolute Gasteiger partial charge is 0.164 e. The van der Waals surface area contributed by atoms with Gasteiger partial charge in [0.2, 0.25) is 0 Å². The minimum absolute atomic E-state index is 0.568. The average molecular weight is 735 g/mol. The Morgan fingerprint density at radius 1 is 0.375 bits per heavy atom. The Hall–Kier alpha value is -7.35. The maximum atomic E-state index is 5.47. The molecule has 0 spiro atoms. The van der Waals surface area contributed by atoms with Gasteiger partial charge in [-0.3, -0.25) is 0 Å². The second-order valence-corrected chi connectivity index (χ2v) is 14.7. The second kappa shape index (κ2) is 13.2. The standard InChI is InChI=1S/C49H30N6S/c1-4-16-31(17-5-1)43-45-44(37-24-12-15-27-42(37)56-45)51-49(50-43)38-30-34(28-29-41(38)55-39-25-13-10-22-35(39)36-23-11-14-26-40(36)55)48-53-46(32-18-6-2-7-19-32)52-47(54-48)33-20-8-3-9-21-33/h1-30H. The molecular formula is C49H30N6S. The number of hydrogen-bond acceptors (Lipinski definition) is 6. The Morgan fingerprint density at radius 3 is 1.48 bits per heavy atom. The lowest BCUT2D eigenvalue weighted by atomic mass is 10.0. The molecule has 0 aliphatic carbocycles. The van der Waals surface area contributed by atoms with Crippen molar-refractivity contribution >= 4 is 53.4 Å². The Kier molecular flexibility index (Phi) is 7.57. The minimum atomic E-state index is 0.568. The van der Waals surface area contributed by atoms with Gasteiger partial charge in [-0.25, -0.2) is 24.9 Å². The van der Waals surface area contributed by atoms with Crippen LogP contribution in [0, 0.1) is 0 Å². The monoisotopic (exact) mass is 734 g/mol. The maximum absolute atomic E-state index is 5.47. The summed E-state index contributed by atoms with van der Waals surface area (Å²) in [6.07, 6.45) is 0. The highest BCUT2D eigenvalue weighted by molar-refractivity contribution is 7.26. The minimum Gasteiger partial charge on any atom is -0.309 e. The van der Waals surface area contributed by atoms with E-state index < -0.39 is 0 Å². The first kappa shape index (κ1) is 32.1. The maximum Gasteiger partial charge on any atom is 0.164 e. The molecule has 56 heavy (non-hydrogen) atoms. The average Bonchev–Trinajstić information content (AvgIpc) is 3.82. The van der Waals surface area contributed by atoms with Crippen LogP contribution in [0.5, 0.6) is 0 Å². The zero-order valence-electron chi connectivity index (χ0n) is 29.9. The third-order valence-electron chi connectivity index (χ3n) is 10.3. The number of aromatic nitrogens is 6. The SMILES string of the molecule is c1ccc(-c2nc(-c3ccccc3)nc(-c3ccc(-n4c5ccccc5c5ccccc54)c(-c4nc(-c5ccccc5)c5sc6ccccc6c5n4)c3)n2)cc1. The lowest BCUT2D eigenvalue weighted by Gasteiger charge is -2.16. The van der Waals surface area contributed by atoms with Crippen molar-refractivity contribution in [1.82, 2.24) is 29.5 Å². The Bertz CT molecular complexity index is 3140. The number of para-hydroxylation sites is 2. The largest absolute Gasteiger partial charge is 0.309 e. The molecule has 4 heterocycles. The molecule has 0 amide bonds. The number of rotatable bonds is 6. The molecule has 4 aromatic heterocycles. The van der Waals surface area contributed by atoms with E-state index in [1.807, 2.05) is 66.7 Å². The second-order valence-electron chi connectivity index (χ2n) is 13.7. The number of benzene rings is 7. The van der Waals surface area contributed by atoms with E-state index in [2.05, 4.69) is 120 Å². The third kappa shape index (κ3) is 5.36. The van der Waals surface area contributed by atoms with E-state index in [0.29, 0.717) is 23.3 Å². The predicted octanol–water partition coefficient (Wildman–Crippen LogP) is 12.5. The summed E-state index contributed by atoms with van der Waals surface area (Å²) < 4.78 is 4.58. The van der Waals surface area contributed by atoms with Gasteiger partial charge in [0.25, 0.3) is 0 Å². The van der Waals surface area contributed by atoms with Crippen LogP contribution < -0.4 is 0 Å². The number of nitrogens with zero attached hydrogens (tertiary/aromatic N) is 6. The fraction of sp³-hybridized carbons (Fsp3) is 0. The molecule has 0 fully saturated rings. The molecule has 0 aliphatic rings. The van der Waals surface area contributed by atoms with E-state index in [1.54, 1.807) is 11.3 Å². The van der Waals surface area contributed by atoms with E-state index in [1.165, 1.54) is 15.5 Å². The number of fused-ring (bicyclic) bond motifs is 6. The van der Waals surface area contributed by atoms with Crippen LogP contribution in [0.15, 0.2) is 182 Å². The van der Waals surface area contributed by atoms with Crippen molar-refractivity contribution in [1.29, 1.82) is 0 Å². The van der Waals surface area contributed by atoms with Gasteiger partial charge in [0.15, 0.2) is 23.3 Å². The van der Waals surface area contributed by atoms with Crippen LogP contribution in [0.25, 0.3) is 105 Å². The first-order valence-corrected chi connectivity index (χ1v) is 19.3. The molecule has 0 aliphatic heterocycles. The molecule has 0 radical (unpaired) electrons. The van der Waals surface area contributed by atoms with Gasteiger partial charge in [-0.15, -0.1) is 11.3 Å². The molecule has 6 nitrogen and oxygen atoms in total.